The van der Waals surface area contributed by atoms with E-state index in [0.29, 0.717) is 6.07 Å². The van der Waals surface area contributed by atoms with E-state index in [1.165, 1.54) is 30.7 Å². The van der Waals surface area contributed by atoms with Crippen LogP contribution < -0.4 is 10.1 Å². The van der Waals surface area contributed by atoms with Crippen molar-refractivity contribution in [3.05, 3.63) is 71.7 Å². The molecular weight excluding hydrogens is 400 g/mol. The third kappa shape index (κ3) is 3.82. The highest BCUT2D eigenvalue weighted by molar-refractivity contribution is 5.84. The number of hydrogen-bond acceptors (Lipinski definition) is 4. The number of anilines is 1. The molecule has 0 bridgehead atoms. The number of halogens is 6. The fourth-order valence-electron chi connectivity index (χ4n) is 3.22. The summed E-state index contributed by atoms with van der Waals surface area (Å²) in [5.74, 6) is -0.680. The molecule has 1 unspecified atom stereocenters. The second kappa shape index (κ2) is 6.64. The van der Waals surface area contributed by atoms with Gasteiger partial charge in [-0.05, 0) is 17.2 Å². The lowest BCUT2D eigenvalue weighted by atomic mass is 9.98. The normalized spacial score (nSPS) is 15.6. The zero-order chi connectivity index (χ0) is 20.8. The van der Waals surface area contributed by atoms with Crippen LogP contribution in [0.4, 0.5) is 32.2 Å². The van der Waals surface area contributed by atoms with Crippen LogP contribution in [0, 0.1) is 0 Å². The second-order valence-electron chi connectivity index (χ2n) is 6.20. The maximum absolute atomic E-state index is 13.7. The summed E-state index contributed by atoms with van der Waals surface area (Å²) < 4.78 is 83.5. The Balaban J connectivity index is 1.88. The van der Waals surface area contributed by atoms with Crippen molar-refractivity contribution in [2.75, 3.05) is 5.32 Å². The molecule has 4 rings (SSSR count). The van der Waals surface area contributed by atoms with Crippen LogP contribution in [-0.2, 0) is 6.18 Å². The molecule has 29 heavy (non-hydrogen) atoms. The fraction of sp³-hybridized carbons (Fsp3) is 0.158. The van der Waals surface area contributed by atoms with Gasteiger partial charge in [0.05, 0.1) is 17.8 Å². The molecule has 0 fully saturated rings. The van der Waals surface area contributed by atoms with E-state index in [-0.39, 0.29) is 28.1 Å². The van der Waals surface area contributed by atoms with Gasteiger partial charge in [0.1, 0.15) is 11.6 Å². The lowest BCUT2D eigenvalue weighted by Gasteiger charge is -2.15. The summed E-state index contributed by atoms with van der Waals surface area (Å²) in [4.78, 5) is 7.79. The van der Waals surface area contributed by atoms with Gasteiger partial charge in [0.25, 0.3) is 0 Å². The van der Waals surface area contributed by atoms with Crippen LogP contribution in [-0.4, -0.2) is 16.3 Å². The lowest BCUT2D eigenvalue weighted by molar-refractivity contribution is -0.274. The quantitative estimate of drug-likeness (QED) is 0.570. The van der Waals surface area contributed by atoms with Crippen LogP contribution >= 0.6 is 0 Å². The van der Waals surface area contributed by atoms with Crippen molar-refractivity contribution in [2.45, 2.75) is 18.6 Å². The van der Waals surface area contributed by atoms with Gasteiger partial charge >= 0.3 is 12.5 Å². The maximum Gasteiger partial charge on any atom is 0.573 e. The number of rotatable bonds is 4. The molecule has 0 radical (unpaired) electrons. The minimum Gasteiger partial charge on any atom is -0.405 e. The van der Waals surface area contributed by atoms with Crippen LogP contribution in [0.3, 0.4) is 0 Å². The molecular formula is C19H11F6N3O. The van der Waals surface area contributed by atoms with Crippen molar-refractivity contribution in [1.82, 2.24) is 9.97 Å². The van der Waals surface area contributed by atoms with Crippen LogP contribution in [0.25, 0.3) is 11.1 Å². The zero-order valence-corrected chi connectivity index (χ0v) is 14.3. The van der Waals surface area contributed by atoms with E-state index in [9.17, 15) is 26.3 Å². The monoisotopic (exact) mass is 411 g/mol. The molecule has 1 aliphatic rings. The van der Waals surface area contributed by atoms with Crippen molar-refractivity contribution < 1.29 is 31.1 Å². The molecule has 1 heterocycles. The third-order valence-corrected chi connectivity index (χ3v) is 4.31. The third-order valence-electron chi connectivity index (χ3n) is 4.31. The number of hydrogen-bond donors (Lipinski definition) is 1. The summed E-state index contributed by atoms with van der Waals surface area (Å²) in [6.45, 7) is 0. The topological polar surface area (TPSA) is 47.0 Å². The molecule has 10 heteroatoms. The summed E-state index contributed by atoms with van der Waals surface area (Å²) >= 11 is 0. The van der Waals surface area contributed by atoms with E-state index < -0.39 is 29.9 Å². The first kappa shape index (κ1) is 19.0. The molecule has 3 aromatic rings. The van der Waals surface area contributed by atoms with Gasteiger partial charge in [0.2, 0.25) is 0 Å². The zero-order valence-electron chi connectivity index (χ0n) is 14.3. The Morgan fingerprint density at radius 3 is 2.24 bits per heavy atom. The standard InChI is InChI=1S/C19H11F6N3O/c20-18(21,22)11-8-12(29-19(23,24)25)15-16(14(11)10-4-2-1-3-5-10)17(15)28-13-9-26-6-7-27-13/h1-9,17H,(H,27,28). The minimum atomic E-state index is -5.13. The largest absolute Gasteiger partial charge is 0.573 e. The van der Waals surface area contributed by atoms with E-state index in [0.717, 1.165) is 0 Å². The summed E-state index contributed by atoms with van der Waals surface area (Å²) in [6.07, 6.45) is -5.97. The van der Waals surface area contributed by atoms with Crippen LogP contribution in [0.2, 0.25) is 0 Å². The molecule has 1 atom stereocenters. The SMILES string of the molecule is FC(F)(F)Oc1cc(C(F)(F)F)c(-c2ccccc2)c2c1C2Nc1cnccn1. The highest BCUT2D eigenvalue weighted by Gasteiger charge is 2.48. The molecule has 0 amide bonds. The number of nitrogens with zero attached hydrogens (tertiary/aromatic N) is 2. The summed E-state index contributed by atoms with van der Waals surface area (Å²) in [5.41, 5.74) is -1.08. The lowest BCUT2D eigenvalue weighted by Crippen LogP contribution is -2.18. The Kier molecular flexibility index (Phi) is 4.36. The Labute approximate surface area is 160 Å². The van der Waals surface area contributed by atoms with Gasteiger partial charge in [-0.3, -0.25) is 4.98 Å². The van der Waals surface area contributed by atoms with Gasteiger partial charge in [-0.25, -0.2) is 4.98 Å². The van der Waals surface area contributed by atoms with Gasteiger partial charge < -0.3 is 10.1 Å². The number of alkyl halides is 6. The van der Waals surface area contributed by atoms with Crippen LogP contribution in [0.5, 0.6) is 5.75 Å². The van der Waals surface area contributed by atoms with E-state index in [1.807, 2.05) is 0 Å². The van der Waals surface area contributed by atoms with Crippen molar-refractivity contribution in [3.8, 4) is 16.9 Å². The maximum atomic E-state index is 13.7. The predicted molar refractivity (Wildman–Crippen MR) is 91.1 cm³/mol. The average molecular weight is 411 g/mol. The molecule has 2 aromatic carbocycles. The first-order chi connectivity index (χ1) is 13.6. The molecule has 1 N–H and O–H groups in total. The van der Waals surface area contributed by atoms with E-state index in [2.05, 4.69) is 20.0 Å². The van der Waals surface area contributed by atoms with E-state index in [1.54, 1.807) is 18.2 Å². The Morgan fingerprint density at radius 1 is 0.931 bits per heavy atom. The van der Waals surface area contributed by atoms with Crippen molar-refractivity contribution >= 4 is 5.82 Å². The molecule has 150 valence electrons. The smallest absolute Gasteiger partial charge is 0.405 e. The average Bonchev–Trinajstić information content (AvgIpc) is 3.35. The Hall–Kier alpha value is -3.30. The molecule has 0 saturated carbocycles. The number of aromatic nitrogens is 2. The predicted octanol–water partition coefficient (Wildman–Crippen LogP) is 5.58. The van der Waals surface area contributed by atoms with Crippen LogP contribution in [0.1, 0.15) is 22.7 Å². The van der Waals surface area contributed by atoms with E-state index in [4.69, 9.17) is 0 Å². The molecule has 1 aliphatic carbocycles. The van der Waals surface area contributed by atoms with Crippen LogP contribution in [0.15, 0.2) is 55.0 Å². The number of benzene rings is 2. The van der Waals surface area contributed by atoms with Gasteiger partial charge in [0, 0.05) is 23.5 Å². The molecule has 1 aromatic heterocycles. The highest BCUT2D eigenvalue weighted by atomic mass is 19.4. The molecule has 0 saturated heterocycles. The first-order valence-electron chi connectivity index (χ1n) is 8.27. The van der Waals surface area contributed by atoms with E-state index >= 15 is 0 Å². The van der Waals surface area contributed by atoms with Gasteiger partial charge in [-0.1, -0.05) is 30.3 Å². The summed E-state index contributed by atoms with van der Waals surface area (Å²) in [7, 11) is 0. The molecule has 0 spiro atoms. The van der Waals surface area contributed by atoms with Gasteiger partial charge in [-0.2, -0.15) is 13.2 Å². The summed E-state index contributed by atoms with van der Waals surface area (Å²) in [5, 5.41) is 2.81. The minimum absolute atomic E-state index is 0.000156. The Bertz CT molecular complexity index is 1040. The number of nitrogens with one attached hydrogen (secondary N) is 1. The number of fused-ring (bicyclic) bond motifs is 1. The number of ether oxygens (including phenoxy) is 1. The highest BCUT2D eigenvalue weighted by Crippen LogP contribution is 2.58. The fourth-order valence-corrected chi connectivity index (χ4v) is 3.22. The summed E-state index contributed by atoms with van der Waals surface area (Å²) in [6, 6.07) is 7.14. The Morgan fingerprint density at radius 2 is 1.66 bits per heavy atom. The van der Waals surface area contributed by atoms with Crippen molar-refractivity contribution in [3.63, 3.8) is 0 Å². The first-order valence-corrected chi connectivity index (χ1v) is 8.27. The molecule has 0 aliphatic heterocycles. The van der Waals surface area contributed by atoms with Crippen molar-refractivity contribution in [2.24, 2.45) is 0 Å². The van der Waals surface area contributed by atoms with Gasteiger partial charge in [-0.15, -0.1) is 13.2 Å². The van der Waals surface area contributed by atoms with Gasteiger partial charge in [0.15, 0.2) is 0 Å². The van der Waals surface area contributed by atoms with Crippen molar-refractivity contribution in [1.29, 1.82) is 0 Å². The second-order valence-corrected chi connectivity index (χ2v) is 6.20. The molecule has 4 nitrogen and oxygen atoms in total.